The van der Waals surface area contributed by atoms with Crippen LogP contribution in [-0.4, -0.2) is 106 Å². The fraction of sp³-hybridized carbons (Fsp3) is 0.917. The first-order valence-corrected chi connectivity index (χ1v) is 27.4. The van der Waals surface area contributed by atoms with Gasteiger partial charge < -0.3 is 28.9 Å². The van der Waals surface area contributed by atoms with E-state index in [-0.39, 0.29) is 75.2 Å². The largest absolute Gasteiger partial charge is 0.481 e. The molecule has 6 aliphatic carbocycles. The van der Waals surface area contributed by atoms with Gasteiger partial charge in [-0.3, -0.25) is 19.1 Å². The van der Waals surface area contributed by atoms with Crippen molar-refractivity contribution in [1.29, 1.82) is 0 Å². The maximum absolute atomic E-state index is 13.7. The molecule has 0 bridgehead atoms. The molecule has 0 amide bonds. The lowest BCUT2D eigenvalue weighted by atomic mass is 9.32. The Balaban J connectivity index is 1.11. The first-order chi connectivity index (χ1) is 28.8. The van der Waals surface area contributed by atoms with Gasteiger partial charge in [-0.15, -0.1) is 0 Å². The normalized spacial score (nSPS) is 43.1. The van der Waals surface area contributed by atoms with Crippen molar-refractivity contribution in [3.8, 4) is 0 Å². The van der Waals surface area contributed by atoms with Crippen LogP contribution < -0.4 is 5.32 Å². The van der Waals surface area contributed by atoms with E-state index in [0.29, 0.717) is 55.6 Å². The van der Waals surface area contributed by atoms with Gasteiger partial charge in [0.05, 0.1) is 29.4 Å². The zero-order chi connectivity index (χ0) is 45.6. The summed E-state index contributed by atoms with van der Waals surface area (Å²) in [5.41, 5.74) is 0.738. The third-order valence-electron chi connectivity index (χ3n) is 20.2. The van der Waals surface area contributed by atoms with E-state index in [1.165, 1.54) is 32.6 Å². The second-order valence-electron chi connectivity index (χ2n) is 23.2. The number of carbonyl (C=O) groups excluding carboxylic acids is 1. The highest BCUT2D eigenvalue weighted by Gasteiger charge is 2.71. The number of rotatable bonds is 14. The number of carbonyl (C=O) groups is 2. The third kappa shape index (κ3) is 7.85. The quantitative estimate of drug-likeness (QED) is 0.0974. The van der Waals surface area contributed by atoms with Gasteiger partial charge in [-0.2, -0.15) is 0 Å². The minimum atomic E-state index is -3.41. The van der Waals surface area contributed by atoms with Crippen LogP contribution in [0.15, 0.2) is 12.2 Å². The molecule has 62 heavy (non-hydrogen) atoms. The fourth-order valence-corrected chi connectivity index (χ4v) is 18.1. The zero-order valence-electron chi connectivity index (χ0n) is 39.9. The topological polar surface area (TPSA) is 158 Å². The number of carboxylic acids is 1. The van der Waals surface area contributed by atoms with Crippen LogP contribution in [0.5, 0.6) is 0 Å². The molecule has 12 nitrogen and oxygen atoms in total. The van der Waals surface area contributed by atoms with Crippen LogP contribution in [0.2, 0.25) is 0 Å². The van der Waals surface area contributed by atoms with Gasteiger partial charge in [0.1, 0.15) is 12.5 Å². The highest BCUT2D eigenvalue weighted by molar-refractivity contribution is 7.91. The minimum Gasteiger partial charge on any atom is -0.481 e. The number of allylic oxidation sites excluding steroid dienone is 1. The molecule has 0 aromatic rings. The maximum Gasteiger partial charge on any atom is 0.355 e. The smallest absolute Gasteiger partial charge is 0.355 e. The van der Waals surface area contributed by atoms with Gasteiger partial charge in [-0.1, -0.05) is 60.6 Å². The van der Waals surface area contributed by atoms with Crippen molar-refractivity contribution in [3.63, 3.8) is 0 Å². The highest BCUT2D eigenvalue weighted by Crippen LogP contribution is 2.76. The number of aliphatic carboxylic acids is 1. The predicted octanol–water partition coefficient (Wildman–Crippen LogP) is 8.59. The van der Waals surface area contributed by atoms with Crippen LogP contribution in [-0.2, 0) is 42.5 Å². The predicted molar refractivity (Wildman–Crippen MR) is 241 cm³/mol. The lowest BCUT2D eigenvalue weighted by Crippen LogP contribution is -2.69. The van der Waals surface area contributed by atoms with Gasteiger partial charge in [0.2, 0.25) is 0 Å². The Morgan fingerprint density at radius 3 is 2.11 bits per heavy atom. The number of nitrogens with zero attached hydrogens (tertiary/aromatic N) is 1. The molecule has 14 atom stereocenters. The number of carboxylic acid groups (broad SMARTS) is 1. The minimum absolute atomic E-state index is 0.0876. The lowest BCUT2D eigenvalue weighted by Gasteiger charge is -2.73. The van der Waals surface area contributed by atoms with Crippen LogP contribution in [0.1, 0.15) is 133 Å². The zero-order valence-corrected chi connectivity index (χ0v) is 41.6. The molecule has 0 aromatic heterocycles. The average molecular weight is 909 g/mol. The molecular formula is C48H81N2O10PS. The molecule has 354 valence electrons. The van der Waals surface area contributed by atoms with E-state index in [2.05, 4.69) is 58.3 Å². The SMILES string of the molecule is C=C(C)[C@@H]1CC[C@]2(NC[C@H]([C@@H](C)OCP(=O)(OC)OC)N3CCS(=O)(=O)CC3)CC[C@]3(C)[C@H](CC[C@@H]4[C@@]5(C)CC[C@H](OC(=O)[C@H]6C[C@@H](C(=O)O)C6(C)C)C(C)(C)[C@@H]5CC[C@]43C)[C@@H]12. The second kappa shape index (κ2) is 16.8. The van der Waals surface area contributed by atoms with Crippen molar-refractivity contribution in [1.82, 2.24) is 10.2 Å². The Labute approximate surface area is 373 Å². The molecule has 1 saturated heterocycles. The molecule has 0 spiro atoms. The Kier molecular flexibility index (Phi) is 13.1. The number of sulfone groups is 1. The summed E-state index contributed by atoms with van der Waals surface area (Å²) in [6.45, 7) is 26.7. The first kappa shape index (κ1) is 48.6. The van der Waals surface area contributed by atoms with Gasteiger partial charge in [0, 0.05) is 50.8 Å². The van der Waals surface area contributed by atoms with E-state index in [4.69, 9.17) is 18.5 Å². The molecule has 2 N–H and O–H groups in total. The number of hydrogen-bond donors (Lipinski definition) is 2. The second-order valence-corrected chi connectivity index (χ2v) is 27.8. The number of esters is 1. The van der Waals surface area contributed by atoms with Crippen molar-refractivity contribution < 1.29 is 46.2 Å². The fourth-order valence-electron chi connectivity index (χ4n) is 16.1. The lowest BCUT2D eigenvalue weighted by molar-refractivity contribution is -0.248. The van der Waals surface area contributed by atoms with Crippen molar-refractivity contribution in [2.45, 2.75) is 157 Å². The maximum atomic E-state index is 13.7. The Bertz CT molecular complexity index is 1890. The van der Waals surface area contributed by atoms with Crippen molar-refractivity contribution in [2.24, 2.45) is 68.5 Å². The molecule has 14 heteroatoms. The number of nitrogens with one attached hydrogen (secondary N) is 1. The third-order valence-corrected chi connectivity index (χ3v) is 23.4. The van der Waals surface area contributed by atoms with E-state index >= 15 is 0 Å². The van der Waals surface area contributed by atoms with Gasteiger partial charge in [0.15, 0.2) is 9.84 Å². The van der Waals surface area contributed by atoms with Crippen LogP contribution in [0.25, 0.3) is 0 Å². The van der Waals surface area contributed by atoms with E-state index in [1.54, 1.807) is 0 Å². The molecule has 0 aromatic carbocycles. The van der Waals surface area contributed by atoms with Gasteiger partial charge in [-0.25, -0.2) is 8.42 Å². The Morgan fingerprint density at radius 1 is 0.855 bits per heavy atom. The average Bonchev–Trinajstić information content (AvgIpc) is 3.58. The van der Waals surface area contributed by atoms with Crippen molar-refractivity contribution in [3.05, 3.63) is 12.2 Å². The summed E-state index contributed by atoms with van der Waals surface area (Å²) in [6.07, 6.45) is 10.5. The summed E-state index contributed by atoms with van der Waals surface area (Å²) in [7, 11) is -3.77. The Hall–Kier alpha value is -1.34. The molecule has 7 rings (SSSR count). The molecule has 7 aliphatic rings. The van der Waals surface area contributed by atoms with Gasteiger partial charge in [0.25, 0.3) is 0 Å². The van der Waals surface area contributed by atoms with Crippen molar-refractivity contribution in [2.75, 3.05) is 51.7 Å². The molecule has 6 saturated carbocycles. The van der Waals surface area contributed by atoms with Crippen LogP contribution >= 0.6 is 7.60 Å². The summed E-state index contributed by atoms with van der Waals surface area (Å²) in [6, 6.07) is -0.136. The standard InChI is InChI=1S/C48H81N2O10PS/c1-30(2)32-15-20-48(49-28-36(50-23-25-62(55,56)26-24-50)31(3)59-29-61(54,57-11)58-12)22-21-46(9)33(40(32)48)13-14-38-45(8)18-17-39(44(6,7)37(45)16-19-47(38,46)10)60-42(53)35-27-34(41(51)52)43(35,4)5/h31-40,49H,1,13-29H2,2-12H3,(H,51,52)/t31-,32+,33-,34+,35-,36-,37+,38-,39+,40-,45+,46-,47-,48+/m1/s1. The van der Waals surface area contributed by atoms with Gasteiger partial charge >= 0.3 is 19.5 Å². The molecule has 7 fully saturated rings. The van der Waals surface area contributed by atoms with E-state index in [0.717, 1.165) is 51.4 Å². The molecule has 0 unspecified atom stereocenters. The number of hydrogen-bond acceptors (Lipinski definition) is 11. The summed E-state index contributed by atoms with van der Waals surface area (Å²) >= 11 is 0. The number of fused-ring (bicyclic) bond motifs is 7. The van der Waals surface area contributed by atoms with Crippen molar-refractivity contribution >= 4 is 29.4 Å². The molecule has 1 aliphatic heterocycles. The number of ether oxygens (including phenoxy) is 2. The first-order valence-electron chi connectivity index (χ1n) is 23.9. The molecular weight excluding hydrogens is 828 g/mol. The summed E-state index contributed by atoms with van der Waals surface area (Å²) in [5.74, 6) is 0.601. The van der Waals surface area contributed by atoms with E-state index in [9.17, 15) is 27.7 Å². The monoisotopic (exact) mass is 909 g/mol. The van der Waals surface area contributed by atoms with Crippen LogP contribution in [0, 0.1) is 68.5 Å². The van der Waals surface area contributed by atoms with Gasteiger partial charge in [-0.05, 0) is 136 Å². The summed E-state index contributed by atoms with van der Waals surface area (Å²) < 4.78 is 61.2. The molecule has 0 radical (unpaired) electrons. The summed E-state index contributed by atoms with van der Waals surface area (Å²) in [4.78, 5) is 27.8. The van der Waals surface area contributed by atoms with E-state index in [1.807, 2.05) is 20.8 Å². The Morgan fingerprint density at radius 2 is 1.52 bits per heavy atom. The highest BCUT2D eigenvalue weighted by atomic mass is 32.2. The van der Waals surface area contributed by atoms with E-state index < -0.39 is 34.7 Å². The molecule has 1 heterocycles. The summed E-state index contributed by atoms with van der Waals surface area (Å²) in [5, 5.41) is 13.9. The van der Waals surface area contributed by atoms with Crippen LogP contribution in [0.3, 0.4) is 0 Å². The van der Waals surface area contributed by atoms with Crippen LogP contribution in [0.4, 0.5) is 0 Å².